The molecule has 5 amide bonds. The molecule has 5 atom stereocenters. The van der Waals surface area contributed by atoms with Crippen molar-refractivity contribution in [3.05, 3.63) is 47.5 Å². The third kappa shape index (κ3) is 7.87. The van der Waals surface area contributed by atoms with E-state index in [9.17, 15) is 32.4 Å². The Balaban J connectivity index is 1.12. The van der Waals surface area contributed by atoms with E-state index in [4.69, 9.17) is 9.47 Å². The van der Waals surface area contributed by atoms with E-state index < -0.39 is 74.8 Å². The third-order valence-electron chi connectivity index (χ3n) is 11.1. The van der Waals surface area contributed by atoms with Crippen LogP contribution < -0.4 is 15.4 Å². The normalized spacial score (nSPS) is 30.5. The molecule has 3 N–H and O–H groups in total. The molecule has 0 radical (unpaired) electrons. The van der Waals surface area contributed by atoms with Crippen molar-refractivity contribution in [1.29, 1.82) is 0 Å². The van der Waals surface area contributed by atoms with Gasteiger partial charge in [-0.15, -0.1) is 0 Å². The van der Waals surface area contributed by atoms with Gasteiger partial charge in [0.15, 0.2) is 0 Å². The monoisotopic (exact) mass is 725 g/mol. The smallest absolute Gasteiger partial charge is 0.410 e. The van der Waals surface area contributed by atoms with Gasteiger partial charge in [0.05, 0.1) is 11.8 Å². The van der Waals surface area contributed by atoms with Crippen molar-refractivity contribution in [2.24, 2.45) is 5.92 Å². The fourth-order valence-electron chi connectivity index (χ4n) is 7.86. The van der Waals surface area contributed by atoms with Crippen molar-refractivity contribution >= 4 is 39.9 Å². The second-order valence-electron chi connectivity index (χ2n) is 14.9. The molecule has 7 rings (SSSR count). The number of hydrogen-bond acceptors (Lipinski definition) is 9. The number of carbonyl (C=O) groups is 5. The second-order valence-corrected chi connectivity index (χ2v) is 16.9. The van der Waals surface area contributed by atoms with Crippen LogP contribution in [0.25, 0.3) is 0 Å². The predicted octanol–water partition coefficient (Wildman–Crippen LogP) is 3.15. The fourth-order valence-corrected chi connectivity index (χ4v) is 9.22. The average molecular weight is 726 g/mol. The molecule has 51 heavy (non-hydrogen) atoms. The topological polar surface area (TPSA) is 181 Å². The van der Waals surface area contributed by atoms with E-state index in [0.717, 1.165) is 49.7 Å². The van der Waals surface area contributed by atoms with Crippen LogP contribution in [0.15, 0.2) is 36.4 Å². The van der Waals surface area contributed by atoms with Crippen molar-refractivity contribution in [3.63, 3.8) is 0 Å². The molecule has 3 heterocycles. The number of amides is 5. The number of rotatable bonds is 6. The Morgan fingerprint density at radius 1 is 0.882 bits per heavy atom. The average Bonchev–Trinajstić information content (AvgIpc) is 3.88. The van der Waals surface area contributed by atoms with E-state index in [2.05, 4.69) is 15.4 Å². The number of nitrogens with one attached hydrogen (secondary N) is 3. The number of fused-ring (bicyclic) bond motifs is 3. The molecule has 6 aliphatic rings. The zero-order valence-electron chi connectivity index (χ0n) is 28.7. The SMILES string of the molecule is O=C(N[C@H]1CCCCC/C=C\[C@H]2C[C@@]2(C(=O)NS(=O)(=O)C2CC2)NC(=O)[C@@H]2C[C@@H](OC(=O)N3Cc4ccccc4C3)CN2C1=O)OC1CCCC1. The van der Waals surface area contributed by atoms with Gasteiger partial charge in [-0.3, -0.25) is 24.0 Å². The highest BCUT2D eigenvalue weighted by Crippen LogP contribution is 2.46. The Morgan fingerprint density at radius 3 is 2.29 bits per heavy atom. The van der Waals surface area contributed by atoms with Gasteiger partial charge in [0.25, 0.3) is 5.91 Å². The summed E-state index contributed by atoms with van der Waals surface area (Å²) in [6.07, 6.45) is 9.24. The van der Waals surface area contributed by atoms with Crippen molar-refractivity contribution in [2.75, 3.05) is 6.54 Å². The first-order chi connectivity index (χ1) is 24.5. The first-order valence-corrected chi connectivity index (χ1v) is 19.9. The van der Waals surface area contributed by atoms with Crippen LogP contribution in [-0.4, -0.2) is 89.8 Å². The summed E-state index contributed by atoms with van der Waals surface area (Å²) < 4.78 is 39.3. The molecule has 276 valence electrons. The number of allylic oxidation sites excluding steroid dienone is 1. The molecule has 14 nitrogen and oxygen atoms in total. The van der Waals surface area contributed by atoms with Gasteiger partial charge in [-0.25, -0.2) is 18.0 Å². The van der Waals surface area contributed by atoms with Gasteiger partial charge in [0.2, 0.25) is 21.8 Å². The number of carbonyl (C=O) groups excluding carboxylic acids is 5. The predicted molar refractivity (Wildman–Crippen MR) is 183 cm³/mol. The molecule has 4 fully saturated rings. The molecule has 0 spiro atoms. The minimum Gasteiger partial charge on any atom is -0.446 e. The lowest BCUT2D eigenvalue weighted by Crippen LogP contribution is -2.58. The van der Waals surface area contributed by atoms with E-state index in [-0.39, 0.29) is 25.5 Å². The quantitative estimate of drug-likeness (QED) is 0.372. The Hall–Kier alpha value is -4.14. The molecule has 0 aromatic heterocycles. The molecular weight excluding hydrogens is 678 g/mol. The van der Waals surface area contributed by atoms with Crippen molar-refractivity contribution in [1.82, 2.24) is 25.2 Å². The number of benzene rings is 1. The van der Waals surface area contributed by atoms with Crippen LogP contribution in [0.3, 0.4) is 0 Å². The van der Waals surface area contributed by atoms with Gasteiger partial charge in [-0.1, -0.05) is 49.3 Å². The van der Waals surface area contributed by atoms with Crippen molar-refractivity contribution < 1.29 is 41.9 Å². The van der Waals surface area contributed by atoms with E-state index in [1.54, 1.807) is 4.90 Å². The molecule has 1 aromatic carbocycles. The molecule has 0 unspecified atom stereocenters. The molecule has 0 bridgehead atoms. The molecule has 1 saturated heterocycles. The molecule has 3 aliphatic heterocycles. The lowest BCUT2D eigenvalue weighted by Gasteiger charge is -2.30. The highest BCUT2D eigenvalue weighted by molar-refractivity contribution is 7.91. The van der Waals surface area contributed by atoms with Gasteiger partial charge >= 0.3 is 12.2 Å². The molecule has 3 saturated carbocycles. The van der Waals surface area contributed by atoms with Gasteiger partial charge in [-0.05, 0) is 75.3 Å². The van der Waals surface area contributed by atoms with E-state index in [1.165, 1.54) is 4.90 Å². The minimum atomic E-state index is -3.89. The maximum absolute atomic E-state index is 14.3. The van der Waals surface area contributed by atoms with Crippen LogP contribution in [0.2, 0.25) is 0 Å². The van der Waals surface area contributed by atoms with E-state index in [1.807, 2.05) is 36.4 Å². The zero-order chi connectivity index (χ0) is 35.8. The highest BCUT2D eigenvalue weighted by atomic mass is 32.2. The minimum absolute atomic E-state index is 0.0398. The summed E-state index contributed by atoms with van der Waals surface area (Å²) in [6.45, 7) is 0.650. The van der Waals surface area contributed by atoms with Crippen LogP contribution in [0.4, 0.5) is 9.59 Å². The highest BCUT2D eigenvalue weighted by Gasteiger charge is 2.62. The van der Waals surface area contributed by atoms with Gasteiger partial charge in [0.1, 0.15) is 29.8 Å². The Morgan fingerprint density at radius 2 is 1.59 bits per heavy atom. The first kappa shape index (κ1) is 35.3. The van der Waals surface area contributed by atoms with Crippen molar-refractivity contribution in [3.8, 4) is 0 Å². The summed E-state index contributed by atoms with van der Waals surface area (Å²) in [5.74, 6) is -2.41. The molecular formula is C36H47N5O9S. The molecule has 1 aromatic rings. The summed E-state index contributed by atoms with van der Waals surface area (Å²) in [5, 5.41) is 4.97. The summed E-state index contributed by atoms with van der Waals surface area (Å²) in [4.78, 5) is 71.4. The lowest BCUT2D eigenvalue weighted by atomic mass is 10.0. The number of alkyl carbamates (subject to hydrolysis) is 1. The van der Waals surface area contributed by atoms with Gasteiger partial charge in [-0.2, -0.15) is 0 Å². The van der Waals surface area contributed by atoms with Crippen LogP contribution in [0.1, 0.15) is 94.6 Å². The summed E-state index contributed by atoms with van der Waals surface area (Å²) >= 11 is 0. The summed E-state index contributed by atoms with van der Waals surface area (Å²) in [7, 11) is -3.89. The van der Waals surface area contributed by atoms with Crippen molar-refractivity contribution in [2.45, 2.75) is 132 Å². The Bertz CT molecular complexity index is 1670. The first-order valence-electron chi connectivity index (χ1n) is 18.4. The maximum Gasteiger partial charge on any atom is 0.410 e. The number of ether oxygens (including phenoxy) is 2. The third-order valence-corrected chi connectivity index (χ3v) is 12.9. The summed E-state index contributed by atoms with van der Waals surface area (Å²) in [5.41, 5.74) is 0.520. The summed E-state index contributed by atoms with van der Waals surface area (Å²) in [6, 6.07) is 5.56. The van der Waals surface area contributed by atoms with E-state index >= 15 is 0 Å². The van der Waals surface area contributed by atoms with E-state index in [0.29, 0.717) is 45.2 Å². The van der Waals surface area contributed by atoms with Gasteiger partial charge in [0, 0.05) is 25.4 Å². The Labute approximate surface area is 298 Å². The lowest BCUT2D eigenvalue weighted by molar-refractivity contribution is -0.141. The number of sulfonamides is 1. The van der Waals surface area contributed by atoms with Crippen LogP contribution in [0, 0.1) is 5.92 Å². The maximum atomic E-state index is 14.3. The molecule has 3 aliphatic carbocycles. The van der Waals surface area contributed by atoms with Gasteiger partial charge < -0.3 is 25.0 Å². The van der Waals surface area contributed by atoms with Crippen LogP contribution in [0.5, 0.6) is 0 Å². The Kier molecular flexibility index (Phi) is 10.0. The fraction of sp³-hybridized carbons (Fsp3) is 0.639. The standard InChI is InChI=1S/C36H47N5O9S/c42-31-30-18-27(50-35(46)40-20-23-10-6-7-11-24(23)21-40)22-41(30)32(43)29(37-34(45)49-26-13-8-9-14-26)15-5-3-1-2-4-12-25-19-36(25,38-31)33(44)39-51(47,48)28-16-17-28/h4,6-7,10-12,25-30H,1-3,5,8-9,13-22H2,(H,37,45)(H,38,42)(H,39,44)/b12-4-/t25-,27+,29-,30-,36+/m0/s1. The number of hydrogen-bond donors (Lipinski definition) is 3. The van der Waals surface area contributed by atoms with Crippen LogP contribution >= 0.6 is 0 Å². The van der Waals surface area contributed by atoms with Crippen LogP contribution in [-0.2, 0) is 47.0 Å². The molecule has 15 heteroatoms. The second kappa shape index (κ2) is 14.5. The number of nitrogens with zero attached hydrogens (tertiary/aromatic N) is 2. The largest absolute Gasteiger partial charge is 0.446 e. The zero-order valence-corrected chi connectivity index (χ0v) is 29.5.